The smallest absolute Gasteiger partial charge is 0.385 e. The molecule has 9 nitrogen and oxygen atoms in total. The van der Waals surface area contributed by atoms with Crippen molar-refractivity contribution in [3.8, 4) is 5.69 Å². The predicted molar refractivity (Wildman–Crippen MR) is 138 cm³/mol. The summed E-state index contributed by atoms with van der Waals surface area (Å²) in [6, 6.07) is 12.2. The van der Waals surface area contributed by atoms with Crippen LogP contribution in [0.2, 0.25) is 4.34 Å². The summed E-state index contributed by atoms with van der Waals surface area (Å²) in [5.74, 6) is -0.920. The molecule has 200 valence electrons. The standard InChI is InChI=1S/C23H18ClF3N4O5S2/c24-18-8-9-19(37-18)38(35,36)30-20(32)13-2-5-15(6-3-13)31-21(33)16-7-4-14(12-17(16)29-22(31)34)28-11-1-10-23(25,26)27/h2-9,12,28H,1,10-11H2,(H,29,34)(H,30,32). The second-order valence-electron chi connectivity index (χ2n) is 8.02. The highest BCUT2D eigenvalue weighted by Crippen LogP contribution is 2.25. The second-order valence-corrected chi connectivity index (χ2v) is 11.6. The third-order valence-corrected chi connectivity index (χ3v) is 8.35. The number of benzene rings is 2. The maximum atomic E-state index is 13.0. The molecule has 2 heterocycles. The lowest BCUT2D eigenvalue weighted by Crippen LogP contribution is -2.33. The summed E-state index contributed by atoms with van der Waals surface area (Å²) in [6.07, 6.45) is -5.32. The number of anilines is 1. The molecule has 4 aromatic rings. The molecule has 0 aliphatic rings. The van der Waals surface area contributed by atoms with Crippen molar-refractivity contribution < 1.29 is 26.4 Å². The number of fused-ring (bicyclic) bond motifs is 1. The Morgan fingerprint density at radius 3 is 2.39 bits per heavy atom. The van der Waals surface area contributed by atoms with Crippen LogP contribution in [-0.4, -0.2) is 36.6 Å². The summed E-state index contributed by atoms with van der Waals surface area (Å²) in [7, 11) is -4.14. The molecule has 2 aromatic carbocycles. The van der Waals surface area contributed by atoms with Crippen molar-refractivity contribution in [2.75, 3.05) is 11.9 Å². The first-order valence-electron chi connectivity index (χ1n) is 10.9. The predicted octanol–water partition coefficient (Wildman–Crippen LogP) is 4.27. The van der Waals surface area contributed by atoms with E-state index in [-0.39, 0.29) is 43.7 Å². The molecular weight excluding hydrogens is 569 g/mol. The lowest BCUT2D eigenvalue weighted by Gasteiger charge is -2.11. The Morgan fingerprint density at radius 1 is 1.05 bits per heavy atom. The minimum atomic E-state index is -4.25. The molecule has 0 bridgehead atoms. The first kappa shape index (κ1) is 27.4. The molecule has 0 unspecified atom stereocenters. The van der Waals surface area contributed by atoms with Gasteiger partial charge in [-0.25, -0.2) is 22.5 Å². The van der Waals surface area contributed by atoms with Gasteiger partial charge in [0.05, 0.1) is 20.9 Å². The summed E-state index contributed by atoms with van der Waals surface area (Å²) < 4.78 is 64.4. The molecule has 4 rings (SSSR count). The average Bonchev–Trinajstić information content (AvgIpc) is 3.28. The van der Waals surface area contributed by atoms with Gasteiger partial charge in [0.25, 0.3) is 21.5 Å². The van der Waals surface area contributed by atoms with Crippen LogP contribution in [0.4, 0.5) is 18.9 Å². The highest BCUT2D eigenvalue weighted by atomic mass is 35.5. The van der Waals surface area contributed by atoms with Crippen molar-refractivity contribution in [3.63, 3.8) is 0 Å². The van der Waals surface area contributed by atoms with Gasteiger partial charge in [-0.05, 0) is 61.0 Å². The lowest BCUT2D eigenvalue weighted by molar-refractivity contribution is -0.134. The van der Waals surface area contributed by atoms with Gasteiger partial charge in [-0.2, -0.15) is 13.2 Å². The Bertz CT molecular complexity index is 1730. The van der Waals surface area contributed by atoms with E-state index in [1.165, 1.54) is 54.6 Å². The van der Waals surface area contributed by atoms with Gasteiger partial charge < -0.3 is 10.3 Å². The quantitative estimate of drug-likeness (QED) is 0.264. The third-order valence-electron chi connectivity index (χ3n) is 5.29. The number of hydrogen-bond donors (Lipinski definition) is 3. The Morgan fingerprint density at radius 2 is 1.76 bits per heavy atom. The molecule has 0 saturated carbocycles. The largest absolute Gasteiger partial charge is 0.389 e. The van der Waals surface area contributed by atoms with Crippen LogP contribution in [-0.2, 0) is 10.0 Å². The van der Waals surface area contributed by atoms with E-state index in [4.69, 9.17) is 11.6 Å². The molecule has 0 atom stereocenters. The van der Waals surface area contributed by atoms with Crippen molar-refractivity contribution in [1.82, 2.24) is 14.3 Å². The zero-order valence-corrected chi connectivity index (χ0v) is 21.5. The zero-order valence-electron chi connectivity index (χ0n) is 19.1. The number of nitrogens with zero attached hydrogens (tertiary/aromatic N) is 1. The van der Waals surface area contributed by atoms with Crippen LogP contribution >= 0.6 is 22.9 Å². The fourth-order valence-electron chi connectivity index (χ4n) is 3.52. The Labute approximate surface area is 221 Å². The van der Waals surface area contributed by atoms with Crippen molar-refractivity contribution >= 4 is 55.5 Å². The normalized spacial score (nSPS) is 12.0. The number of nitrogens with one attached hydrogen (secondary N) is 3. The van der Waals surface area contributed by atoms with Crippen LogP contribution in [0.15, 0.2) is 68.4 Å². The fraction of sp³-hybridized carbons (Fsp3) is 0.174. The van der Waals surface area contributed by atoms with E-state index in [1.807, 2.05) is 4.72 Å². The van der Waals surface area contributed by atoms with E-state index in [2.05, 4.69) is 10.3 Å². The van der Waals surface area contributed by atoms with Crippen LogP contribution in [0, 0.1) is 0 Å². The van der Waals surface area contributed by atoms with Crippen LogP contribution in [0.5, 0.6) is 0 Å². The van der Waals surface area contributed by atoms with E-state index in [1.54, 1.807) is 0 Å². The summed E-state index contributed by atoms with van der Waals surface area (Å²) in [4.78, 5) is 40.7. The van der Waals surface area contributed by atoms with Crippen LogP contribution < -0.4 is 21.3 Å². The molecule has 0 fully saturated rings. The number of carbonyl (C=O) groups is 1. The Balaban J connectivity index is 1.53. The highest BCUT2D eigenvalue weighted by Gasteiger charge is 2.26. The Hall–Kier alpha value is -3.62. The van der Waals surface area contributed by atoms with Crippen LogP contribution in [0.25, 0.3) is 16.6 Å². The van der Waals surface area contributed by atoms with Gasteiger partial charge in [0.2, 0.25) is 0 Å². The van der Waals surface area contributed by atoms with Crippen LogP contribution in [0.1, 0.15) is 23.2 Å². The molecule has 3 N–H and O–H groups in total. The summed E-state index contributed by atoms with van der Waals surface area (Å²) in [5.41, 5.74) is -0.745. The fourth-order valence-corrected chi connectivity index (χ4v) is 5.98. The summed E-state index contributed by atoms with van der Waals surface area (Å²) in [6.45, 7) is 0.0502. The number of amides is 1. The lowest BCUT2D eigenvalue weighted by atomic mass is 10.2. The zero-order chi connectivity index (χ0) is 27.7. The molecule has 0 spiro atoms. The number of thiophene rings is 1. The molecule has 0 aliphatic heterocycles. The van der Waals surface area contributed by atoms with E-state index >= 15 is 0 Å². The topological polar surface area (TPSA) is 130 Å². The summed E-state index contributed by atoms with van der Waals surface area (Å²) in [5, 5.41) is 2.97. The first-order valence-corrected chi connectivity index (χ1v) is 13.5. The van der Waals surface area contributed by atoms with Gasteiger partial charge in [-0.1, -0.05) is 11.6 Å². The van der Waals surface area contributed by atoms with Gasteiger partial charge >= 0.3 is 11.9 Å². The first-order chi connectivity index (χ1) is 17.8. The maximum Gasteiger partial charge on any atom is 0.389 e. The minimum Gasteiger partial charge on any atom is -0.385 e. The SMILES string of the molecule is O=C(NS(=O)(=O)c1ccc(Cl)s1)c1ccc(-n2c(=O)[nH]c3cc(NCCCC(F)(F)F)ccc3c2=O)cc1. The van der Waals surface area contributed by atoms with Crippen molar-refractivity contribution in [2.24, 2.45) is 0 Å². The van der Waals surface area contributed by atoms with Gasteiger partial charge in [0.15, 0.2) is 0 Å². The molecular formula is C23H18ClF3N4O5S2. The van der Waals surface area contributed by atoms with Crippen molar-refractivity contribution in [3.05, 3.63) is 85.3 Å². The van der Waals surface area contributed by atoms with Gasteiger partial charge in [0.1, 0.15) is 4.21 Å². The number of aromatic amines is 1. The van der Waals surface area contributed by atoms with Gasteiger partial charge in [-0.15, -0.1) is 11.3 Å². The molecule has 38 heavy (non-hydrogen) atoms. The van der Waals surface area contributed by atoms with Gasteiger partial charge in [-0.3, -0.25) is 9.59 Å². The van der Waals surface area contributed by atoms with E-state index in [9.17, 15) is 36.0 Å². The maximum absolute atomic E-state index is 13.0. The third kappa shape index (κ3) is 6.26. The van der Waals surface area contributed by atoms with Crippen LogP contribution in [0.3, 0.4) is 0 Å². The number of halogens is 4. The number of carbonyl (C=O) groups excluding carboxylic acids is 1. The number of aromatic nitrogens is 2. The molecule has 2 aromatic heterocycles. The number of H-pyrrole nitrogens is 1. The van der Waals surface area contributed by atoms with Gasteiger partial charge in [0, 0.05) is 24.2 Å². The average molecular weight is 587 g/mol. The molecule has 1 amide bonds. The monoisotopic (exact) mass is 586 g/mol. The Kier molecular flexibility index (Phi) is 7.67. The highest BCUT2D eigenvalue weighted by molar-refractivity contribution is 7.92. The van der Waals surface area contributed by atoms with E-state index in [0.717, 1.165) is 15.9 Å². The number of rotatable bonds is 8. The molecule has 15 heteroatoms. The molecule has 0 saturated heterocycles. The number of sulfonamides is 1. The molecule has 0 aliphatic carbocycles. The molecule has 0 radical (unpaired) electrons. The second kappa shape index (κ2) is 10.6. The van der Waals surface area contributed by atoms with Crippen molar-refractivity contribution in [1.29, 1.82) is 0 Å². The minimum absolute atomic E-state index is 0.0357. The number of alkyl halides is 3. The van der Waals surface area contributed by atoms with E-state index in [0.29, 0.717) is 5.69 Å². The number of hydrogen-bond acceptors (Lipinski definition) is 7. The van der Waals surface area contributed by atoms with E-state index < -0.39 is 39.8 Å². The van der Waals surface area contributed by atoms with Crippen molar-refractivity contribution in [2.45, 2.75) is 23.2 Å². The summed E-state index contributed by atoms with van der Waals surface area (Å²) >= 11 is 6.54.